The van der Waals surface area contributed by atoms with Crippen molar-refractivity contribution >= 4 is 5.69 Å². The van der Waals surface area contributed by atoms with Crippen LogP contribution in [0.5, 0.6) is 0 Å². The zero-order valence-electron chi connectivity index (χ0n) is 9.59. The van der Waals surface area contributed by atoms with Gasteiger partial charge in [0.15, 0.2) is 0 Å². The fourth-order valence-electron chi connectivity index (χ4n) is 1.67. The van der Waals surface area contributed by atoms with Crippen LogP contribution < -0.4 is 4.90 Å². The van der Waals surface area contributed by atoms with E-state index in [1.165, 1.54) is 24.1 Å². The molecule has 0 amide bonds. The standard InChI is InChI=1S/C13H21N/c1-4-10-14(11-5-2)13-8-6-12(3)7-9-13/h6-9H,4-5,10-11H2,1-3H3. The first kappa shape index (κ1) is 11.1. The Bertz CT molecular complexity index is 244. The van der Waals surface area contributed by atoms with E-state index in [-0.39, 0.29) is 0 Å². The normalized spacial score (nSPS) is 10.2. The van der Waals surface area contributed by atoms with Crippen molar-refractivity contribution in [2.75, 3.05) is 18.0 Å². The Morgan fingerprint density at radius 1 is 0.929 bits per heavy atom. The highest BCUT2D eigenvalue weighted by molar-refractivity contribution is 5.47. The second-order valence-electron chi connectivity index (χ2n) is 3.82. The summed E-state index contributed by atoms with van der Waals surface area (Å²) < 4.78 is 0. The Hall–Kier alpha value is -0.980. The maximum Gasteiger partial charge on any atom is 0.0366 e. The third-order valence-electron chi connectivity index (χ3n) is 2.39. The van der Waals surface area contributed by atoms with Crippen LogP contribution in [-0.2, 0) is 0 Å². The lowest BCUT2D eigenvalue weighted by atomic mass is 10.2. The summed E-state index contributed by atoms with van der Waals surface area (Å²) in [6.07, 6.45) is 2.43. The Morgan fingerprint density at radius 2 is 1.43 bits per heavy atom. The summed E-state index contributed by atoms with van der Waals surface area (Å²) in [5.41, 5.74) is 2.70. The molecule has 1 nitrogen and oxygen atoms in total. The third kappa shape index (κ3) is 3.06. The minimum Gasteiger partial charge on any atom is -0.372 e. The molecule has 1 heteroatoms. The zero-order valence-corrected chi connectivity index (χ0v) is 9.59. The van der Waals surface area contributed by atoms with Gasteiger partial charge in [0.05, 0.1) is 0 Å². The fraction of sp³-hybridized carbons (Fsp3) is 0.538. The van der Waals surface area contributed by atoms with Crippen molar-refractivity contribution < 1.29 is 0 Å². The second-order valence-corrected chi connectivity index (χ2v) is 3.82. The second kappa shape index (κ2) is 5.69. The average molecular weight is 191 g/mol. The summed E-state index contributed by atoms with van der Waals surface area (Å²) in [7, 11) is 0. The molecule has 0 aromatic heterocycles. The molecule has 0 saturated carbocycles. The Labute approximate surface area is 87.7 Å². The number of aryl methyl sites for hydroxylation is 1. The van der Waals surface area contributed by atoms with Gasteiger partial charge < -0.3 is 4.90 Å². The molecule has 0 spiro atoms. The third-order valence-corrected chi connectivity index (χ3v) is 2.39. The number of nitrogens with zero attached hydrogens (tertiary/aromatic N) is 1. The molecule has 78 valence electrons. The van der Waals surface area contributed by atoms with Crippen LogP contribution in [0.15, 0.2) is 24.3 Å². The monoisotopic (exact) mass is 191 g/mol. The minimum atomic E-state index is 1.16. The molecule has 0 atom stereocenters. The van der Waals surface area contributed by atoms with Crippen LogP contribution in [0.1, 0.15) is 32.3 Å². The van der Waals surface area contributed by atoms with E-state index >= 15 is 0 Å². The molecule has 0 aliphatic heterocycles. The number of rotatable bonds is 5. The zero-order chi connectivity index (χ0) is 10.4. The SMILES string of the molecule is CCCN(CCC)c1ccc(C)cc1. The minimum absolute atomic E-state index is 1.16. The van der Waals surface area contributed by atoms with Gasteiger partial charge in [0.1, 0.15) is 0 Å². The first-order valence-electron chi connectivity index (χ1n) is 5.59. The summed E-state index contributed by atoms with van der Waals surface area (Å²) in [4.78, 5) is 2.46. The van der Waals surface area contributed by atoms with Crippen molar-refractivity contribution in [3.8, 4) is 0 Å². The first-order valence-corrected chi connectivity index (χ1v) is 5.59. The molecule has 0 aliphatic carbocycles. The highest BCUT2D eigenvalue weighted by atomic mass is 15.1. The summed E-state index contributed by atoms with van der Waals surface area (Å²) in [5.74, 6) is 0. The molecular weight excluding hydrogens is 170 g/mol. The molecule has 0 aliphatic rings. The van der Waals surface area contributed by atoms with Gasteiger partial charge in [-0.1, -0.05) is 31.5 Å². The van der Waals surface area contributed by atoms with Crippen LogP contribution in [0.3, 0.4) is 0 Å². The molecule has 0 bridgehead atoms. The maximum atomic E-state index is 2.46. The van der Waals surface area contributed by atoms with Gasteiger partial charge in [-0.25, -0.2) is 0 Å². The molecule has 14 heavy (non-hydrogen) atoms. The van der Waals surface area contributed by atoms with Crippen molar-refractivity contribution in [3.05, 3.63) is 29.8 Å². The van der Waals surface area contributed by atoms with Gasteiger partial charge in [0.25, 0.3) is 0 Å². The Balaban J connectivity index is 2.71. The Kier molecular flexibility index (Phi) is 4.51. The number of benzene rings is 1. The van der Waals surface area contributed by atoms with Crippen molar-refractivity contribution in [1.29, 1.82) is 0 Å². The lowest BCUT2D eigenvalue weighted by Gasteiger charge is -2.23. The molecule has 0 N–H and O–H groups in total. The quantitative estimate of drug-likeness (QED) is 0.687. The van der Waals surface area contributed by atoms with Crippen LogP contribution in [0, 0.1) is 6.92 Å². The molecular formula is C13H21N. The fourth-order valence-corrected chi connectivity index (χ4v) is 1.67. The summed E-state index contributed by atoms with van der Waals surface area (Å²) >= 11 is 0. The summed E-state index contributed by atoms with van der Waals surface area (Å²) in [6, 6.07) is 8.82. The summed E-state index contributed by atoms with van der Waals surface area (Å²) in [5, 5.41) is 0. The molecule has 0 radical (unpaired) electrons. The van der Waals surface area contributed by atoms with E-state index in [1.807, 2.05) is 0 Å². The van der Waals surface area contributed by atoms with Crippen molar-refractivity contribution in [2.45, 2.75) is 33.6 Å². The van der Waals surface area contributed by atoms with E-state index in [4.69, 9.17) is 0 Å². The molecule has 1 aromatic carbocycles. The van der Waals surface area contributed by atoms with Crippen molar-refractivity contribution in [3.63, 3.8) is 0 Å². The topological polar surface area (TPSA) is 3.24 Å². The van der Waals surface area contributed by atoms with Gasteiger partial charge in [-0.05, 0) is 31.9 Å². The van der Waals surface area contributed by atoms with Crippen molar-refractivity contribution in [2.24, 2.45) is 0 Å². The van der Waals surface area contributed by atoms with Crippen LogP contribution in [0.4, 0.5) is 5.69 Å². The van der Waals surface area contributed by atoms with Gasteiger partial charge in [-0.15, -0.1) is 0 Å². The highest BCUT2D eigenvalue weighted by Crippen LogP contribution is 2.15. The van der Waals surface area contributed by atoms with Crippen LogP contribution in [0.2, 0.25) is 0 Å². The largest absolute Gasteiger partial charge is 0.372 e. The van der Waals surface area contributed by atoms with E-state index < -0.39 is 0 Å². The predicted molar refractivity (Wildman–Crippen MR) is 64.0 cm³/mol. The van der Waals surface area contributed by atoms with Gasteiger partial charge >= 0.3 is 0 Å². The maximum absolute atomic E-state index is 2.46. The van der Waals surface area contributed by atoms with Gasteiger partial charge in [0, 0.05) is 18.8 Å². The molecule has 0 unspecified atom stereocenters. The number of hydrogen-bond donors (Lipinski definition) is 0. The van der Waals surface area contributed by atoms with E-state index in [2.05, 4.69) is 49.9 Å². The van der Waals surface area contributed by atoms with Crippen molar-refractivity contribution in [1.82, 2.24) is 0 Å². The van der Waals surface area contributed by atoms with Gasteiger partial charge in [0.2, 0.25) is 0 Å². The van der Waals surface area contributed by atoms with E-state index in [0.717, 1.165) is 13.1 Å². The summed E-state index contributed by atoms with van der Waals surface area (Å²) in [6.45, 7) is 8.93. The number of anilines is 1. The molecule has 0 saturated heterocycles. The number of hydrogen-bond acceptors (Lipinski definition) is 1. The highest BCUT2D eigenvalue weighted by Gasteiger charge is 2.02. The molecule has 1 rings (SSSR count). The van der Waals surface area contributed by atoms with E-state index in [1.54, 1.807) is 0 Å². The van der Waals surface area contributed by atoms with E-state index in [9.17, 15) is 0 Å². The van der Waals surface area contributed by atoms with Crippen LogP contribution in [0.25, 0.3) is 0 Å². The average Bonchev–Trinajstić information content (AvgIpc) is 2.19. The molecule has 1 aromatic rings. The smallest absolute Gasteiger partial charge is 0.0366 e. The lowest BCUT2D eigenvalue weighted by Crippen LogP contribution is -2.24. The van der Waals surface area contributed by atoms with Gasteiger partial charge in [-0.2, -0.15) is 0 Å². The molecule has 0 heterocycles. The van der Waals surface area contributed by atoms with Crippen LogP contribution in [-0.4, -0.2) is 13.1 Å². The van der Waals surface area contributed by atoms with Gasteiger partial charge in [-0.3, -0.25) is 0 Å². The predicted octanol–water partition coefficient (Wildman–Crippen LogP) is 3.62. The van der Waals surface area contributed by atoms with E-state index in [0.29, 0.717) is 0 Å². The first-order chi connectivity index (χ1) is 6.77. The molecule has 0 fully saturated rings. The lowest BCUT2D eigenvalue weighted by molar-refractivity contribution is 0.745. The van der Waals surface area contributed by atoms with Crippen LogP contribution >= 0.6 is 0 Å². The Morgan fingerprint density at radius 3 is 1.86 bits per heavy atom.